The van der Waals surface area contributed by atoms with E-state index in [1.54, 1.807) is 13.0 Å². The fraction of sp³-hybridized carbons (Fsp3) is 0.455. The predicted molar refractivity (Wildman–Crippen MR) is 56.5 cm³/mol. The molecule has 1 aromatic carbocycles. The highest BCUT2D eigenvalue weighted by Crippen LogP contribution is 2.08. The first-order valence-corrected chi connectivity index (χ1v) is 4.82. The van der Waals surface area contributed by atoms with Gasteiger partial charge in [-0.05, 0) is 31.0 Å². The number of rotatable bonds is 4. The van der Waals surface area contributed by atoms with Crippen LogP contribution in [-0.2, 0) is 6.54 Å². The van der Waals surface area contributed by atoms with Crippen LogP contribution < -0.4 is 11.1 Å². The van der Waals surface area contributed by atoms with Crippen molar-refractivity contribution < 1.29 is 4.39 Å². The van der Waals surface area contributed by atoms with E-state index < -0.39 is 0 Å². The van der Waals surface area contributed by atoms with Crippen LogP contribution in [-0.4, -0.2) is 12.6 Å². The SMILES string of the molecule is Cc1cc(CN[C@H](C)CN)ccc1F. The van der Waals surface area contributed by atoms with Crippen LogP contribution in [0.1, 0.15) is 18.1 Å². The van der Waals surface area contributed by atoms with E-state index in [-0.39, 0.29) is 5.82 Å². The zero-order valence-corrected chi connectivity index (χ0v) is 8.68. The van der Waals surface area contributed by atoms with E-state index in [2.05, 4.69) is 5.32 Å². The van der Waals surface area contributed by atoms with Crippen LogP contribution in [0.4, 0.5) is 4.39 Å². The Morgan fingerprint density at radius 3 is 2.79 bits per heavy atom. The van der Waals surface area contributed by atoms with Crippen LogP contribution in [0.5, 0.6) is 0 Å². The van der Waals surface area contributed by atoms with E-state index in [1.807, 2.05) is 13.0 Å². The second-order valence-corrected chi connectivity index (χ2v) is 3.60. The quantitative estimate of drug-likeness (QED) is 0.767. The molecule has 0 aliphatic rings. The normalized spacial score (nSPS) is 12.9. The number of hydrogen-bond donors (Lipinski definition) is 2. The zero-order valence-electron chi connectivity index (χ0n) is 8.68. The molecule has 0 heterocycles. The van der Waals surface area contributed by atoms with Crippen molar-refractivity contribution in [2.24, 2.45) is 5.73 Å². The lowest BCUT2D eigenvalue weighted by molar-refractivity contribution is 0.554. The number of hydrogen-bond acceptors (Lipinski definition) is 2. The monoisotopic (exact) mass is 196 g/mol. The van der Waals surface area contributed by atoms with Gasteiger partial charge < -0.3 is 11.1 Å². The van der Waals surface area contributed by atoms with Crippen LogP contribution >= 0.6 is 0 Å². The lowest BCUT2D eigenvalue weighted by Crippen LogP contribution is -2.32. The third-order valence-electron chi connectivity index (χ3n) is 2.23. The highest BCUT2D eigenvalue weighted by Gasteiger charge is 2.01. The van der Waals surface area contributed by atoms with Crippen molar-refractivity contribution in [3.63, 3.8) is 0 Å². The molecule has 3 N–H and O–H groups in total. The summed E-state index contributed by atoms with van der Waals surface area (Å²) in [6.07, 6.45) is 0. The molecule has 0 aliphatic carbocycles. The van der Waals surface area contributed by atoms with Crippen molar-refractivity contribution in [3.8, 4) is 0 Å². The molecule has 1 atom stereocenters. The van der Waals surface area contributed by atoms with Gasteiger partial charge in [0.1, 0.15) is 5.82 Å². The third-order valence-corrected chi connectivity index (χ3v) is 2.23. The molecule has 0 saturated heterocycles. The maximum atomic E-state index is 12.9. The van der Waals surface area contributed by atoms with Crippen molar-refractivity contribution in [2.75, 3.05) is 6.54 Å². The number of nitrogens with one attached hydrogen (secondary N) is 1. The van der Waals surface area contributed by atoms with E-state index in [0.717, 1.165) is 12.1 Å². The van der Waals surface area contributed by atoms with Crippen molar-refractivity contribution >= 4 is 0 Å². The summed E-state index contributed by atoms with van der Waals surface area (Å²) >= 11 is 0. The van der Waals surface area contributed by atoms with Crippen molar-refractivity contribution in [2.45, 2.75) is 26.4 Å². The minimum atomic E-state index is -0.152. The summed E-state index contributed by atoms with van der Waals surface area (Å²) in [6, 6.07) is 5.43. The fourth-order valence-corrected chi connectivity index (χ4v) is 1.19. The standard InChI is InChI=1S/C11H17FN2/c1-8-5-10(3-4-11(8)12)7-14-9(2)6-13/h3-5,9,14H,6-7,13H2,1-2H3/t9-/m1/s1. The molecule has 0 aliphatic heterocycles. The van der Waals surface area contributed by atoms with Gasteiger partial charge in [-0.1, -0.05) is 12.1 Å². The van der Waals surface area contributed by atoms with Gasteiger partial charge >= 0.3 is 0 Å². The summed E-state index contributed by atoms with van der Waals surface area (Å²) in [6.45, 7) is 5.14. The predicted octanol–water partition coefficient (Wildman–Crippen LogP) is 1.57. The summed E-state index contributed by atoms with van der Waals surface area (Å²) in [4.78, 5) is 0. The Labute approximate surface area is 84.3 Å². The molecule has 3 heteroatoms. The Kier molecular flexibility index (Phi) is 4.04. The summed E-state index contributed by atoms with van der Waals surface area (Å²) in [5.74, 6) is -0.152. The molecule has 1 rings (SSSR count). The summed E-state index contributed by atoms with van der Waals surface area (Å²) in [5.41, 5.74) is 7.24. The van der Waals surface area contributed by atoms with Crippen LogP contribution in [0.3, 0.4) is 0 Å². The Hall–Kier alpha value is -0.930. The molecule has 0 saturated carbocycles. The van der Waals surface area contributed by atoms with Crippen molar-refractivity contribution in [1.29, 1.82) is 0 Å². The van der Waals surface area contributed by atoms with Crippen LogP contribution in [0, 0.1) is 12.7 Å². The Morgan fingerprint density at radius 1 is 1.50 bits per heavy atom. The molecule has 78 valence electrons. The van der Waals surface area contributed by atoms with Gasteiger partial charge in [-0.25, -0.2) is 4.39 Å². The molecule has 0 bridgehead atoms. The third kappa shape index (κ3) is 3.09. The molecule has 0 fully saturated rings. The minimum absolute atomic E-state index is 0.152. The molecule has 2 nitrogen and oxygen atoms in total. The van der Waals surface area contributed by atoms with Gasteiger partial charge in [0, 0.05) is 19.1 Å². The lowest BCUT2D eigenvalue weighted by Gasteiger charge is -2.11. The van der Waals surface area contributed by atoms with Crippen LogP contribution in [0.2, 0.25) is 0 Å². The average Bonchev–Trinajstić information content (AvgIpc) is 2.19. The van der Waals surface area contributed by atoms with Gasteiger partial charge in [-0.15, -0.1) is 0 Å². The molecule has 1 aromatic rings. The molecule has 0 spiro atoms. The molecule has 0 amide bonds. The second-order valence-electron chi connectivity index (χ2n) is 3.60. The highest BCUT2D eigenvalue weighted by atomic mass is 19.1. The number of benzene rings is 1. The maximum absolute atomic E-state index is 12.9. The maximum Gasteiger partial charge on any atom is 0.126 e. The first-order valence-electron chi connectivity index (χ1n) is 4.82. The van der Waals surface area contributed by atoms with E-state index in [9.17, 15) is 4.39 Å². The molecule has 0 unspecified atom stereocenters. The van der Waals surface area contributed by atoms with Gasteiger partial charge in [0.25, 0.3) is 0 Å². The fourth-order valence-electron chi connectivity index (χ4n) is 1.19. The lowest BCUT2D eigenvalue weighted by atomic mass is 10.1. The van der Waals surface area contributed by atoms with E-state index in [0.29, 0.717) is 18.2 Å². The Balaban J connectivity index is 2.55. The second kappa shape index (κ2) is 5.08. The van der Waals surface area contributed by atoms with Crippen molar-refractivity contribution in [1.82, 2.24) is 5.32 Å². The van der Waals surface area contributed by atoms with Crippen LogP contribution in [0.25, 0.3) is 0 Å². The summed E-state index contributed by atoms with van der Waals surface area (Å²) < 4.78 is 12.9. The van der Waals surface area contributed by atoms with Gasteiger partial charge in [-0.2, -0.15) is 0 Å². The molecular formula is C11H17FN2. The molecular weight excluding hydrogens is 179 g/mol. The van der Waals surface area contributed by atoms with Gasteiger partial charge in [0.2, 0.25) is 0 Å². The molecule has 14 heavy (non-hydrogen) atoms. The van der Waals surface area contributed by atoms with E-state index in [1.165, 1.54) is 6.07 Å². The Morgan fingerprint density at radius 2 is 2.21 bits per heavy atom. The van der Waals surface area contributed by atoms with Gasteiger partial charge in [0.15, 0.2) is 0 Å². The number of aryl methyl sites for hydroxylation is 1. The highest BCUT2D eigenvalue weighted by molar-refractivity contribution is 5.23. The largest absolute Gasteiger partial charge is 0.329 e. The van der Waals surface area contributed by atoms with E-state index >= 15 is 0 Å². The molecule has 0 aromatic heterocycles. The first kappa shape index (κ1) is 11.1. The smallest absolute Gasteiger partial charge is 0.126 e. The summed E-state index contributed by atoms with van der Waals surface area (Å²) in [5, 5.41) is 3.25. The first-order chi connectivity index (χ1) is 6.63. The van der Waals surface area contributed by atoms with Crippen molar-refractivity contribution in [3.05, 3.63) is 35.1 Å². The Bertz CT molecular complexity index is 299. The minimum Gasteiger partial charge on any atom is -0.329 e. The molecule has 0 radical (unpaired) electrons. The average molecular weight is 196 g/mol. The zero-order chi connectivity index (χ0) is 10.6. The summed E-state index contributed by atoms with van der Waals surface area (Å²) in [7, 11) is 0. The number of nitrogens with two attached hydrogens (primary N) is 1. The number of halogens is 1. The van der Waals surface area contributed by atoms with Gasteiger partial charge in [-0.3, -0.25) is 0 Å². The topological polar surface area (TPSA) is 38.0 Å². The van der Waals surface area contributed by atoms with Crippen LogP contribution in [0.15, 0.2) is 18.2 Å². The van der Waals surface area contributed by atoms with Gasteiger partial charge in [0.05, 0.1) is 0 Å². The van der Waals surface area contributed by atoms with E-state index in [4.69, 9.17) is 5.73 Å².